The normalized spacial score (nSPS) is 20.0. The van der Waals surface area contributed by atoms with Crippen LogP contribution in [0.2, 0.25) is 0 Å². The van der Waals surface area contributed by atoms with E-state index in [1.54, 1.807) is 34.1 Å². The lowest BCUT2D eigenvalue weighted by Gasteiger charge is -2.16. The summed E-state index contributed by atoms with van der Waals surface area (Å²) < 4.78 is 7.34. The van der Waals surface area contributed by atoms with Crippen molar-refractivity contribution in [2.45, 2.75) is 43.8 Å². The molecule has 3 heterocycles. The topological polar surface area (TPSA) is 150 Å². The molecule has 0 spiro atoms. The average Bonchev–Trinajstić information content (AvgIpc) is 3.18. The molecule has 2 atom stereocenters. The highest BCUT2D eigenvalue weighted by atomic mass is 16.4. The molecule has 1 aliphatic heterocycles. The molecule has 0 unspecified atom stereocenters. The Kier molecular flexibility index (Phi) is 5.00. The van der Waals surface area contributed by atoms with Crippen molar-refractivity contribution in [1.82, 2.24) is 35.4 Å². The largest absolute Gasteiger partial charge is 0.412 e. The van der Waals surface area contributed by atoms with Gasteiger partial charge in [-0.1, -0.05) is 11.3 Å². The minimum atomic E-state index is -0.488. The van der Waals surface area contributed by atoms with Gasteiger partial charge < -0.3 is 14.6 Å². The van der Waals surface area contributed by atoms with Crippen LogP contribution in [0, 0.1) is 22.8 Å². The van der Waals surface area contributed by atoms with Gasteiger partial charge >= 0.3 is 11.8 Å². The van der Waals surface area contributed by atoms with Gasteiger partial charge in [0.2, 0.25) is 5.89 Å². The van der Waals surface area contributed by atoms with E-state index in [-0.39, 0.29) is 23.9 Å². The number of hydrogen-bond acceptors (Lipinski definition) is 9. The van der Waals surface area contributed by atoms with Gasteiger partial charge in [0.15, 0.2) is 6.19 Å². The lowest BCUT2D eigenvalue weighted by molar-refractivity contribution is 0.0904. The first-order valence-corrected chi connectivity index (χ1v) is 10.3. The third kappa shape index (κ3) is 3.88. The van der Waals surface area contributed by atoms with Crippen molar-refractivity contribution in [3.05, 3.63) is 47.6 Å². The third-order valence-electron chi connectivity index (χ3n) is 5.80. The number of likely N-dealkylation sites (tertiary alicyclic amines) is 1. The number of benzene rings is 1. The molecule has 32 heavy (non-hydrogen) atoms. The molecule has 5 rings (SSSR count). The van der Waals surface area contributed by atoms with E-state index < -0.39 is 5.91 Å². The number of hydrogen-bond donors (Lipinski definition) is 1. The van der Waals surface area contributed by atoms with Crippen LogP contribution in [0.5, 0.6) is 0 Å². The SMILES string of the molecule is N#Cc1ccc(C2CC2)c(-c2nnc(C(=O)N[C@@H]3C[C@@H](Cn4ccnn4)N(C#N)C3)o2)c1. The van der Waals surface area contributed by atoms with Crippen LogP contribution >= 0.6 is 0 Å². The van der Waals surface area contributed by atoms with Gasteiger partial charge in [0, 0.05) is 24.3 Å². The molecule has 3 aromatic rings. The van der Waals surface area contributed by atoms with Crippen LogP contribution in [0.15, 0.2) is 35.0 Å². The first-order valence-electron chi connectivity index (χ1n) is 10.3. The van der Waals surface area contributed by atoms with Crippen LogP contribution in [0.4, 0.5) is 0 Å². The molecule has 1 N–H and O–H groups in total. The fourth-order valence-corrected chi connectivity index (χ4v) is 4.10. The molecule has 11 heteroatoms. The van der Waals surface area contributed by atoms with Crippen molar-refractivity contribution in [3.8, 4) is 23.7 Å². The smallest absolute Gasteiger partial charge is 0.309 e. The lowest BCUT2D eigenvalue weighted by Crippen LogP contribution is -2.36. The summed E-state index contributed by atoms with van der Waals surface area (Å²) in [4.78, 5) is 14.4. The quantitative estimate of drug-likeness (QED) is 0.574. The van der Waals surface area contributed by atoms with E-state index >= 15 is 0 Å². The third-order valence-corrected chi connectivity index (χ3v) is 5.80. The summed E-state index contributed by atoms with van der Waals surface area (Å²) in [5.74, 6) is 0.00683. The Morgan fingerprint density at radius 1 is 1.28 bits per heavy atom. The minimum absolute atomic E-state index is 0.0972. The van der Waals surface area contributed by atoms with Crippen LogP contribution in [0.1, 0.15) is 47.0 Å². The molecular weight excluding hydrogens is 410 g/mol. The van der Waals surface area contributed by atoms with E-state index in [2.05, 4.69) is 38.1 Å². The number of nitrogens with one attached hydrogen (secondary N) is 1. The van der Waals surface area contributed by atoms with Crippen molar-refractivity contribution in [2.75, 3.05) is 6.54 Å². The second kappa shape index (κ2) is 8.12. The van der Waals surface area contributed by atoms with Crippen molar-refractivity contribution in [2.24, 2.45) is 0 Å². The van der Waals surface area contributed by atoms with Crippen molar-refractivity contribution in [3.63, 3.8) is 0 Å². The van der Waals surface area contributed by atoms with Gasteiger partial charge in [0.05, 0.1) is 30.4 Å². The van der Waals surface area contributed by atoms with Crippen LogP contribution in [-0.2, 0) is 6.54 Å². The number of carbonyl (C=O) groups is 1. The Bertz CT molecular complexity index is 1220. The summed E-state index contributed by atoms with van der Waals surface area (Å²) in [5.41, 5.74) is 2.24. The Morgan fingerprint density at radius 2 is 2.16 bits per heavy atom. The molecule has 1 aromatic carbocycles. The number of carbonyl (C=O) groups excluding carboxylic acids is 1. The van der Waals surface area contributed by atoms with Gasteiger partial charge in [0.25, 0.3) is 0 Å². The predicted molar refractivity (Wildman–Crippen MR) is 108 cm³/mol. The summed E-state index contributed by atoms with van der Waals surface area (Å²) in [6.07, 6.45) is 8.22. The fraction of sp³-hybridized carbons (Fsp3) is 0.381. The van der Waals surface area contributed by atoms with Crippen LogP contribution in [0.3, 0.4) is 0 Å². The molecule has 0 radical (unpaired) electrons. The van der Waals surface area contributed by atoms with E-state index in [9.17, 15) is 15.3 Å². The highest BCUT2D eigenvalue weighted by Gasteiger charge is 2.34. The first-order chi connectivity index (χ1) is 15.6. The zero-order chi connectivity index (χ0) is 22.1. The molecule has 160 valence electrons. The van der Waals surface area contributed by atoms with Crippen molar-refractivity contribution in [1.29, 1.82) is 10.5 Å². The zero-order valence-corrected chi connectivity index (χ0v) is 17.0. The van der Waals surface area contributed by atoms with E-state index in [4.69, 9.17) is 4.42 Å². The zero-order valence-electron chi connectivity index (χ0n) is 17.0. The minimum Gasteiger partial charge on any atom is -0.412 e. The maximum Gasteiger partial charge on any atom is 0.309 e. The van der Waals surface area contributed by atoms with Gasteiger partial charge in [-0.05, 0) is 42.9 Å². The number of nitriles is 2. The van der Waals surface area contributed by atoms with Crippen LogP contribution in [0.25, 0.3) is 11.5 Å². The van der Waals surface area contributed by atoms with E-state index in [1.807, 2.05) is 6.07 Å². The number of rotatable bonds is 6. The lowest BCUT2D eigenvalue weighted by atomic mass is 10.0. The molecule has 1 saturated carbocycles. The van der Waals surface area contributed by atoms with Crippen molar-refractivity contribution < 1.29 is 9.21 Å². The highest BCUT2D eigenvalue weighted by Crippen LogP contribution is 2.44. The first kappa shape index (κ1) is 19.7. The van der Waals surface area contributed by atoms with Crippen LogP contribution in [-0.4, -0.2) is 54.6 Å². The summed E-state index contributed by atoms with van der Waals surface area (Å²) in [7, 11) is 0. The van der Waals surface area contributed by atoms with Gasteiger partial charge in [-0.25, -0.2) is 0 Å². The Labute approximate surface area is 183 Å². The molecule has 1 aliphatic carbocycles. The standard InChI is InChI=1S/C21H19N9O2/c22-9-13-1-4-17(14-2-3-14)18(7-13)20-26-27-21(32-20)19(31)25-15-8-16(29(10-15)12-23)11-30-6-5-24-28-30/h1,4-7,14-16H,2-3,8,10-11H2,(H,25,31)/t15-,16+/m1/s1. The summed E-state index contributed by atoms with van der Waals surface area (Å²) in [5, 5.41) is 37.2. The van der Waals surface area contributed by atoms with E-state index in [1.165, 1.54) is 0 Å². The maximum absolute atomic E-state index is 12.7. The molecule has 1 amide bonds. The highest BCUT2D eigenvalue weighted by molar-refractivity contribution is 5.90. The van der Waals surface area contributed by atoms with Gasteiger partial charge in [-0.3, -0.25) is 9.48 Å². The predicted octanol–water partition coefficient (Wildman–Crippen LogP) is 1.43. The van der Waals surface area contributed by atoms with Gasteiger partial charge in [0.1, 0.15) is 0 Å². The number of nitrogens with zero attached hydrogens (tertiary/aromatic N) is 8. The molecule has 0 bridgehead atoms. The second-order valence-electron chi connectivity index (χ2n) is 8.04. The molecule has 11 nitrogen and oxygen atoms in total. The van der Waals surface area contributed by atoms with Gasteiger partial charge in [-0.15, -0.1) is 15.3 Å². The fourth-order valence-electron chi connectivity index (χ4n) is 4.10. The second-order valence-corrected chi connectivity index (χ2v) is 8.04. The van der Waals surface area contributed by atoms with E-state index in [0.717, 1.165) is 18.4 Å². The van der Waals surface area contributed by atoms with Crippen molar-refractivity contribution >= 4 is 5.91 Å². The Morgan fingerprint density at radius 3 is 2.88 bits per heavy atom. The summed E-state index contributed by atoms with van der Waals surface area (Å²) in [6.45, 7) is 0.891. The summed E-state index contributed by atoms with van der Waals surface area (Å²) in [6, 6.07) is 7.20. The molecule has 2 fully saturated rings. The summed E-state index contributed by atoms with van der Waals surface area (Å²) >= 11 is 0. The number of amides is 1. The van der Waals surface area contributed by atoms with Gasteiger partial charge in [-0.2, -0.15) is 10.5 Å². The maximum atomic E-state index is 12.7. The Hall–Kier alpha value is -4.25. The van der Waals surface area contributed by atoms with Crippen LogP contribution < -0.4 is 5.32 Å². The Balaban J connectivity index is 1.29. The average molecular weight is 429 g/mol. The molecule has 2 aliphatic rings. The van der Waals surface area contributed by atoms with E-state index in [0.29, 0.717) is 36.6 Å². The molecule has 1 saturated heterocycles. The number of aromatic nitrogens is 5. The monoisotopic (exact) mass is 429 g/mol. The molecular formula is C21H19N9O2. The molecule has 2 aromatic heterocycles.